The zero-order chi connectivity index (χ0) is 27.3. The van der Waals surface area contributed by atoms with E-state index in [4.69, 9.17) is 19.9 Å². The van der Waals surface area contributed by atoms with E-state index in [2.05, 4.69) is 52.8 Å². The standard InChI is InChI=1S/C33H26N6/c1-9-15-23-18(10-2)28-25-24-26-16(7)17(8)27(24)35-31-20(12-4)22(14-6)33(37-29(23)25)39(31)38-30(34-26)19(11-3)21(13-5)32(38)36-28/h9-15H,1,3-6H2,2,7-8H3/b18-10+,23-15+,25-24?,34-26?,34-30?,35-27?,35-31?,36-28?,36-32?,37-29?,37-33?. The van der Waals surface area contributed by atoms with Crippen LogP contribution in [0.4, 0.5) is 0 Å². The highest BCUT2D eigenvalue weighted by Gasteiger charge is 2.34. The lowest BCUT2D eigenvalue weighted by Crippen LogP contribution is -2.03. The van der Waals surface area contributed by atoms with Crippen molar-refractivity contribution in [2.24, 2.45) is 0 Å². The topological polar surface area (TPSA) is 60.4 Å². The van der Waals surface area contributed by atoms with Gasteiger partial charge in [0.1, 0.15) is 0 Å². The maximum atomic E-state index is 5.42. The van der Waals surface area contributed by atoms with Crippen LogP contribution in [0.3, 0.4) is 0 Å². The first-order valence-electron chi connectivity index (χ1n) is 12.8. The van der Waals surface area contributed by atoms with E-state index in [1.54, 1.807) is 6.08 Å². The van der Waals surface area contributed by atoms with Gasteiger partial charge in [-0.2, -0.15) is 0 Å². The molecule has 8 rings (SSSR count). The van der Waals surface area contributed by atoms with Crippen molar-refractivity contribution in [1.82, 2.24) is 29.0 Å². The van der Waals surface area contributed by atoms with E-state index in [9.17, 15) is 0 Å². The van der Waals surface area contributed by atoms with Gasteiger partial charge in [-0.15, -0.1) is 0 Å². The average molecular weight is 507 g/mol. The van der Waals surface area contributed by atoms with Crippen LogP contribution in [-0.4, -0.2) is 29.0 Å². The fraction of sp³-hybridized carbons (Fsp3) is 0.0909. The Hall–Kier alpha value is -5.10. The van der Waals surface area contributed by atoms with Crippen LogP contribution in [0, 0.1) is 0 Å². The summed E-state index contributed by atoms with van der Waals surface area (Å²) in [6.07, 6.45) is 13.2. The lowest BCUT2D eigenvalue weighted by atomic mass is 10.1. The molecule has 0 saturated heterocycles. The van der Waals surface area contributed by atoms with Crippen LogP contribution in [-0.2, 0) is 0 Å². The summed E-state index contributed by atoms with van der Waals surface area (Å²) in [6.45, 7) is 26.9. The maximum Gasteiger partial charge on any atom is 0.162 e. The molecule has 0 radical (unpaired) electrons. The van der Waals surface area contributed by atoms with E-state index >= 15 is 0 Å². The van der Waals surface area contributed by atoms with Gasteiger partial charge >= 0.3 is 0 Å². The largest absolute Gasteiger partial charge is 0.228 e. The van der Waals surface area contributed by atoms with Crippen LogP contribution in [0.5, 0.6) is 0 Å². The number of rotatable bonds is 5. The fourth-order valence-electron chi connectivity index (χ4n) is 6.22. The monoisotopic (exact) mass is 506 g/mol. The Kier molecular flexibility index (Phi) is 4.56. The molecule has 0 unspecified atom stereocenters. The van der Waals surface area contributed by atoms with Gasteiger partial charge in [0.25, 0.3) is 0 Å². The van der Waals surface area contributed by atoms with E-state index in [1.165, 1.54) is 0 Å². The molecule has 188 valence electrons. The predicted molar refractivity (Wildman–Crippen MR) is 165 cm³/mol. The molecule has 6 heteroatoms. The highest BCUT2D eigenvalue weighted by atomic mass is 15.4. The SMILES string of the molecule is C=C/C=C1\C(=C/C)c2nc3c(C=C)c(C=C)c4nc5c6c(nc7c(C=C)c(C=C)c(nc1c26)n7n43)C(C)=C5C. The lowest BCUT2D eigenvalue weighted by Gasteiger charge is -2.06. The molecule has 6 aromatic rings. The molecule has 12 bridgehead atoms. The van der Waals surface area contributed by atoms with E-state index in [0.29, 0.717) is 22.6 Å². The summed E-state index contributed by atoms with van der Waals surface area (Å²) < 4.78 is 4.00. The van der Waals surface area contributed by atoms with Crippen molar-refractivity contribution in [3.05, 3.63) is 96.2 Å². The summed E-state index contributed by atoms with van der Waals surface area (Å²) in [5.41, 5.74) is 13.5. The Morgan fingerprint density at radius 2 is 0.897 bits per heavy atom. The van der Waals surface area contributed by atoms with E-state index in [1.807, 2.05) is 46.3 Å². The van der Waals surface area contributed by atoms with Gasteiger partial charge in [0, 0.05) is 44.2 Å². The van der Waals surface area contributed by atoms with Crippen molar-refractivity contribution in [2.75, 3.05) is 0 Å². The third-order valence-electron chi connectivity index (χ3n) is 8.08. The van der Waals surface area contributed by atoms with Gasteiger partial charge in [-0.3, -0.25) is 0 Å². The van der Waals surface area contributed by atoms with Crippen LogP contribution in [0.2, 0.25) is 0 Å². The van der Waals surface area contributed by atoms with Crippen LogP contribution in [0.25, 0.3) is 80.0 Å². The van der Waals surface area contributed by atoms with Gasteiger partial charge in [-0.25, -0.2) is 29.0 Å². The first kappa shape index (κ1) is 23.0. The number of aromatic nitrogens is 6. The molecule has 2 aliphatic rings. The summed E-state index contributed by atoms with van der Waals surface area (Å²) in [4.78, 5) is 21.6. The summed E-state index contributed by atoms with van der Waals surface area (Å²) in [5, 5.41) is 1.85. The molecule has 0 aromatic carbocycles. The van der Waals surface area contributed by atoms with Crippen molar-refractivity contribution < 1.29 is 0 Å². The molecule has 0 aliphatic heterocycles. The average Bonchev–Trinajstić information content (AvgIpc) is 3.61. The molecule has 6 nitrogen and oxygen atoms in total. The molecule has 0 N–H and O–H groups in total. The maximum absolute atomic E-state index is 5.42. The second-order valence-corrected chi connectivity index (χ2v) is 9.75. The number of hydrogen-bond acceptors (Lipinski definition) is 4. The number of hydrogen-bond donors (Lipinski definition) is 0. The van der Waals surface area contributed by atoms with Gasteiger partial charge in [-0.05, 0) is 31.9 Å². The Bertz CT molecular complexity index is 2140. The van der Waals surface area contributed by atoms with Gasteiger partial charge < -0.3 is 0 Å². The van der Waals surface area contributed by atoms with Gasteiger partial charge in [-0.1, -0.05) is 75.4 Å². The molecule has 39 heavy (non-hydrogen) atoms. The molecule has 6 aromatic heterocycles. The van der Waals surface area contributed by atoms with Crippen LogP contribution < -0.4 is 0 Å². The van der Waals surface area contributed by atoms with Crippen LogP contribution in [0.1, 0.15) is 65.8 Å². The van der Waals surface area contributed by atoms with Crippen molar-refractivity contribution in [1.29, 1.82) is 0 Å². The van der Waals surface area contributed by atoms with Gasteiger partial charge in [0.15, 0.2) is 22.6 Å². The quantitative estimate of drug-likeness (QED) is 0.243. The summed E-state index contributed by atoms with van der Waals surface area (Å²) in [5.74, 6) is 0. The minimum Gasteiger partial charge on any atom is -0.228 e. The Balaban J connectivity index is 2.08. The fourth-order valence-corrected chi connectivity index (χ4v) is 6.22. The number of nitrogens with zero attached hydrogens (tertiary/aromatic N) is 6. The third-order valence-corrected chi connectivity index (χ3v) is 8.08. The molecular formula is C33H26N6. The third kappa shape index (κ3) is 2.51. The zero-order valence-corrected chi connectivity index (χ0v) is 22.3. The van der Waals surface area contributed by atoms with E-state index in [-0.39, 0.29) is 0 Å². The van der Waals surface area contributed by atoms with E-state index in [0.717, 1.165) is 78.1 Å². The summed E-state index contributed by atoms with van der Waals surface area (Å²) >= 11 is 0. The molecule has 0 fully saturated rings. The molecule has 0 spiro atoms. The number of allylic oxidation sites excluding steroid dienone is 7. The minimum atomic E-state index is 0.678. The molecular weight excluding hydrogens is 480 g/mol. The second-order valence-electron chi connectivity index (χ2n) is 9.75. The first-order chi connectivity index (χ1) is 18.9. The molecule has 2 aliphatic carbocycles. The summed E-state index contributed by atoms with van der Waals surface area (Å²) in [6, 6.07) is 0. The van der Waals surface area contributed by atoms with E-state index < -0.39 is 0 Å². The van der Waals surface area contributed by atoms with Crippen molar-refractivity contribution in [2.45, 2.75) is 20.8 Å². The molecule has 6 heterocycles. The predicted octanol–water partition coefficient (Wildman–Crippen LogP) is 7.90. The minimum absolute atomic E-state index is 0.678. The highest BCUT2D eigenvalue weighted by molar-refractivity contribution is 6.24. The van der Waals surface area contributed by atoms with Gasteiger partial charge in [0.2, 0.25) is 0 Å². The normalized spacial score (nSPS) is 16.1. The Labute approximate surface area is 225 Å². The summed E-state index contributed by atoms with van der Waals surface area (Å²) in [7, 11) is 0. The smallest absolute Gasteiger partial charge is 0.162 e. The lowest BCUT2D eigenvalue weighted by molar-refractivity contribution is 0.875. The molecule has 0 saturated carbocycles. The Morgan fingerprint density at radius 1 is 0.538 bits per heavy atom. The van der Waals surface area contributed by atoms with Crippen molar-refractivity contribution in [3.8, 4) is 0 Å². The van der Waals surface area contributed by atoms with Crippen molar-refractivity contribution >= 4 is 80.0 Å². The first-order valence-corrected chi connectivity index (χ1v) is 12.8. The Morgan fingerprint density at radius 3 is 1.26 bits per heavy atom. The molecule has 0 amide bonds. The van der Waals surface area contributed by atoms with Gasteiger partial charge in [0.05, 0.1) is 22.8 Å². The molecule has 0 atom stereocenters. The van der Waals surface area contributed by atoms with Crippen LogP contribution >= 0.6 is 0 Å². The zero-order valence-electron chi connectivity index (χ0n) is 22.3. The second kappa shape index (κ2) is 7.71. The van der Waals surface area contributed by atoms with Crippen LogP contribution in [0.15, 0.2) is 51.1 Å². The van der Waals surface area contributed by atoms with Crippen molar-refractivity contribution in [3.63, 3.8) is 0 Å². The highest BCUT2D eigenvalue weighted by Crippen LogP contribution is 2.49.